The lowest BCUT2D eigenvalue weighted by atomic mass is 9.86. The lowest BCUT2D eigenvalue weighted by molar-refractivity contribution is 0.262. The average Bonchev–Trinajstić information content (AvgIpc) is 3.00. The predicted molar refractivity (Wildman–Crippen MR) is 141 cm³/mol. The monoisotopic (exact) mass is 439 g/mol. The number of nitrogens with zero attached hydrogens (tertiary/aromatic N) is 1. The summed E-state index contributed by atoms with van der Waals surface area (Å²) in [6, 6.07) is 28.3. The second-order valence-electron chi connectivity index (χ2n) is 8.43. The fourth-order valence-corrected chi connectivity index (χ4v) is 4.78. The Morgan fingerprint density at radius 2 is 1.25 bits per heavy atom. The van der Waals surface area contributed by atoms with Crippen LogP contribution < -0.4 is 0 Å². The van der Waals surface area contributed by atoms with Crippen molar-refractivity contribution in [2.75, 3.05) is 19.6 Å². The van der Waals surface area contributed by atoms with Crippen molar-refractivity contribution in [1.29, 1.82) is 0 Å². The molecule has 1 heterocycles. The molecule has 2 heteroatoms. The van der Waals surface area contributed by atoms with Gasteiger partial charge in [-0.2, -0.15) is 0 Å². The van der Waals surface area contributed by atoms with Gasteiger partial charge in [0.05, 0.1) is 0 Å². The zero-order chi connectivity index (χ0) is 20.9. The van der Waals surface area contributed by atoms with Crippen LogP contribution in [0.15, 0.2) is 90.5 Å². The highest BCUT2D eigenvalue weighted by atomic mass is 35.5. The molecule has 0 unspecified atom stereocenters. The van der Waals surface area contributed by atoms with Gasteiger partial charge in [-0.05, 0) is 52.7 Å². The second kappa shape index (κ2) is 10.6. The molecule has 0 aromatic heterocycles. The molecule has 162 valence electrons. The van der Waals surface area contributed by atoms with E-state index in [0.29, 0.717) is 0 Å². The van der Waals surface area contributed by atoms with Crippen molar-refractivity contribution in [1.82, 2.24) is 4.90 Å². The Labute approximate surface area is 198 Å². The molecular formula is C30H30ClN. The molecule has 2 aliphatic rings. The van der Waals surface area contributed by atoms with Crippen LogP contribution in [-0.2, 0) is 0 Å². The van der Waals surface area contributed by atoms with Crippen molar-refractivity contribution < 1.29 is 0 Å². The maximum Gasteiger partial charge on any atom is 0.00192 e. The minimum absolute atomic E-state index is 0. The molecule has 0 radical (unpaired) electrons. The summed E-state index contributed by atoms with van der Waals surface area (Å²) in [5.74, 6) is 0. The smallest absolute Gasteiger partial charge is 0.00192 e. The van der Waals surface area contributed by atoms with Crippen LogP contribution in [0, 0.1) is 0 Å². The molecule has 0 amide bonds. The number of halogens is 1. The van der Waals surface area contributed by atoms with Crippen molar-refractivity contribution in [2.45, 2.75) is 19.3 Å². The van der Waals surface area contributed by atoms with Crippen LogP contribution in [0.2, 0.25) is 0 Å². The Kier molecular flexibility index (Phi) is 7.42. The molecule has 1 aliphatic heterocycles. The standard InChI is InChI=1S/C30H29N.ClH/c1-2-10-24(11-3-1)12-8-9-21-31-22-19-27(20-23-31)30-28-15-6-4-13-25(28)17-18-26-14-5-7-16-29(26)30;/h1-8,10-18H,9,19-23H2;1H. The van der Waals surface area contributed by atoms with E-state index in [1.807, 2.05) is 0 Å². The van der Waals surface area contributed by atoms with Crippen LogP contribution in [0.4, 0.5) is 0 Å². The van der Waals surface area contributed by atoms with Crippen molar-refractivity contribution in [3.05, 3.63) is 118 Å². The Bertz CT molecular complexity index is 1080. The van der Waals surface area contributed by atoms with Gasteiger partial charge in [0, 0.05) is 19.6 Å². The number of fused-ring (bicyclic) bond motifs is 2. The summed E-state index contributed by atoms with van der Waals surface area (Å²) >= 11 is 0. The highest BCUT2D eigenvalue weighted by Gasteiger charge is 2.22. The van der Waals surface area contributed by atoms with Gasteiger partial charge < -0.3 is 4.90 Å². The average molecular weight is 440 g/mol. The third-order valence-electron chi connectivity index (χ3n) is 6.44. The third kappa shape index (κ3) is 4.96. The fraction of sp³-hybridized carbons (Fsp3) is 0.200. The van der Waals surface area contributed by atoms with E-state index in [9.17, 15) is 0 Å². The Hall–Kier alpha value is -2.87. The van der Waals surface area contributed by atoms with Crippen molar-refractivity contribution >= 4 is 36.2 Å². The maximum atomic E-state index is 2.62. The molecule has 32 heavy (non-hydrogen) atoms. The molecule has 1 saturated heterocycles. The summed E-state index contributed by atoms with van der Waals surface area (Å²) in [7, 11) is 0. The van der Waals surface area contributed by atoms with Crippen LogP contribution >= 0.6 is 12.4 Å². The summed E-state index contributed by atoms with van der Waals surface area (Å²) in [6.07, 6.45) is 12.5. The molecule has 0 atom stereocenters. The normalized spacial score (nSPS) is 15.8. The van der Waals surface area contributed by atoms with Gasteiger partial charge in [0.25, 0.3) is 0 Å². The van der Waals surface area contributed by atoms with Gasteiger partial charge in [0.15, 0.2) is 0 Å². The number of likely N-dealkylation sites (tertiary alicyclic amines) is 1. The molecule has 0 bridgehead atoms. The van der Waals surface area contributed by atoms with E-state index < -0.39 is 0 Å². The molecule has 0 spiro atoms. The molecule has 3 aromatic rings. The van der Waals surface area contributed by atoms with Gasteiger partial charge >= 0.3 is 0 Å². The first-order valence-electron chi connectivity index (χ1n) is 11.4. The molecule has 1 fully saturated rings. The number of rotatable bonds is 4. The Balaban J connectivity index is 0.00000245. The quantitative estimate of drug-likeness (QED) is 0.316. The molecule has 0 N–H and O–H groups in total. The molecule has 5 rings (SSSR count). The molecule has 1 nitrogen and oxygen atoms in total. The highest BCUT2D eigenvalue weighted by Crippen LogP contribution is 2.38. The first kappa shape index (κ1) is 22.3. The zero-order valence-electron chi connectivity index (χ0n) is 18.4. The lowest BCUT2D eigenvalue weighted by Crippen LogP contribution is -2.31. The highest BCUT2D eigenvalue weighted by molar-refractivity contribution is 5.94. The predicted octanol–water partition coefficient (Wildman–Crippen LogP) is 7.59. The summed E-state index contributed by atoms with van der Waals surface area (Å²) in [5.41, 5.74) is 9.80. The van der Waals surface area contributed by atoms with Gasteiger partial charge in [0.1, 0.15) is 0 Å². The van der Waals surface area contributed by atoms with Crippen LogP contribution in [0.5, 0.6) is 0 Å². The summed E-state index contributed by atoms with van der Waals surface area (Å²) < 4.78 is 0. The number of hydrogen-bond acceptors (Lipinski definition) is 1. The van der Waals surface area contributed by atoms with E-state index in [1.165, 1.54) is 33.4 Å². The summed E-state index contributed by atoms with van der Waals surface area (Å²) in [5, 5.41) is 0. The largest absolute Gasteiger partial charge is 0.302 e. The van der Waals surface area contributed by atoms with Gasteiger partial charge in [0.2, 0.25) is 0 Å². The Morgan fingerprint density at radius 1 is 0.688 bits per heavy atom. The lowest BCUT2D eigenvalue weighted by Gasteiger charge is -2.30. The van der Waals surface area contributed by atoms with Gasteiger partial charge in [-0.15, -0.1) is 12.4 Å². The number of piperidine rings is 1. The van der Waals surface area contributed by atoms with Gasteiger partial charge in [-0.25, -0.2) is 0 Å². The van der Waals surface area contributed by atoms with Gasteiger partial charge in [-0.3, -0.25) is 0 Å². The topological polar surface area (TPSA) is 3.24 Å². The van der Waals surface area contributed by atoms with Crippen LogP contribution in [0.25, 0.3) is 23.8 Å². The van der Waals surface area contributed by atoms with E-state index in [4.69, 9.17) is 0 Å². The van der Waals surface area contributed by atoms with E-state index in [0.717, 1.165) is 38.9 Å². The first-order chi connectivity index (χ1) is 15.4. The van der Waals surface area contributed by atoms with Crippen LogP contribution in [0.1, 0.15) is 47.1 Å². The molecule has 1 aliphatic carbocycles. The van der Waals surface area contributed by atoms with E-state index in [-0.39, 0.29) is 12.4 Å². The SMILES string of the molecule is C(=Cc1ccccc1)CCN1CCC(=C2c3ccccc3C=Cc3ccccc32)CC1.Cl. The maximum absolute atomic E-state index is 2.62. The minimum Gasteiger partial charge on any atom is -0.302 e. The van der Waals surface area contributed by atoms with Crippen molar-refractivity contribution in [3.8, 4) is 0 Å². The Morgan fingerprint density at radius 3 is 1.88 bits per heavy atom. The third-order valence-corrected chi connectivity index (χ3v) is 6.44. The number of hydrogen-bond donors (Lipinski definition) is 0. The first-order valence-corrected chi connectivity index (χ1v) is 11.4. The van der Waals surface area contributed by atoms with E-state index in [1.54, 1.807) is 5.57 Å². The fourth-order valence-electron chi connectivity index (χ4n) is 4.78. The number of benzene rings is 3. The summed E-state index contributed by atoms with van der Waals surface area (Å²) in [4.78, 5) is 2.62. The zero-order valence-corrected chi connectivity index (χ0v) is 19.2. The van der Waals surface area contributed by atoms with Gasteiger partial charge in [-0.1, -0.05) is 109 Å². The molecule has 0 saturated carbocycles. The molecule has 3 aromatic carbocycles. The minimum atomic E-state index is 0. The second-order valence-corrected chi connectivity index (χ2v) is 8.43. The van der Waals surface area contributed by atoms with E-state index >= 15 is 0 Å². The summed E-state index contributed by atoms with van der Waals surface area (Å²) in [6.45, 7) is 3.44. The van der Waals surface area contributed by atoms with E-state index in [2.05, 4.69) is 108 Å². The van der Waals surface area contributed by atoms with Crippen molar-refractivity contribution in [2.24, 2.45) is 0 Å². The van der Waals surface area contributed by atoms with Crippen molar-refractivity contribution in [3.63, 3.8) is 0 Å². The van der Waals surface area contributed by atoms with Crippen LogP contribution in [0.3, 0.4) is 0 Å². The van der Waals surface area contributed by atoms with Crippen LogP contribution in [-0.4, -0.2) is 24.5 Å². The molecular weight excluding hydrogens is 410 g/mol.